The van der Waals surface area contributed by atoms with Crippen molar-refractivity contribution in [2.24, 2.45) is 0 Å². The van der Waals surface area contributed by atoms with Gasteiger partial charge in [0.2, 0.25) is 5.56 Å². The summed E-state index contributed by atoms with van der Waals surface area (Å²) in [5, 5.41) is 19.1. The molecule has 0 fully saturated rings. The Hall–Kier alpha value is -2.32. The number of aromatic nitrogens is 1. The highest BCUT2D eigenvalue weighted by Gasteiger charge is 2.28. The highest BCUT2D eigenvalue weighted by atomic mass is 19.3. The molecule has 0 unspecified atom stereocenters. The lowest BCUT2D eigenvalue weighted by Gasteiger charge is -2.05. The number of halogens is 2. The summed E-state index contributed by atoms with van der Waals surface area (Å²) in [6.45, 7) is 0. The topological polar surface area (TPSA) is 113 Å². The van der Waals surface area contributed by atoms with E-state index in [9.17, 15) is 28.5 Å². The van der Waals surface area contributed by atoms with E-state index in [-0.39, 0.29) is 0 Å². The summed E-state index contributed by atoms with van der Waals surface area (Å²) in [4.78, 5) is 32.5. The number of carboxylic acid groups (broad SMARTS) is 1. The van der Waals surface area contributed by atoms with Crippen molar-refractivity contribution in [3.8, 4) is 0 Å². The minimum atomic E-state index is -3.27. The summed E-state index contributed by atoms with van der Waals surface area (Å²) in [6, 6.07) is 0.623. The molecule has 0 aliphatic heterocycles. The molecule has 1 heterocycles. The first kappa shape index (κ1) is 12.7. The number of hydrogen-bond acceptors (Lipinski definition) is 4. The van der Waals surface area contributed by atoms with Gasteiger partial charge in [-0.2, -0.15) is 0 Å². The van der Waals surface area contributed by atoms with E-state index in [1.54, 1.807) is 4.98 Å². The highest BCUT2D eigenvalue weighted by Crippen LogP contribution is 2.28. The monoisotopic (exact) mass is 248 g/mol. The van der Waals surface area contributed by atoms with Crippen molar-refractivity contribution < 1.29 is 23.6 Å². The molecule has 7 nitrogen and oxygen atoms in total. The van der Waals surface area contributed by atoms with Gasteiger partial charge in [0.25, 0.3) is 12.1 Å². The minimum absolute atomic E-state index is 0.554. The van der Waals surface area contributed by atoms with E-state index in [0.717, 1.165) is 0 Å². The fourth-order valence-corrected chi connectivity index (χ4v) is 1.30. The maximum atomic E-state index is 12.5. The van der Waals surface area contributed by atoms with Gasteiger partial charge >= 0.3 is 5.97 Å². The predicted octanol–water partition coefficient (Wildman–Crippen LogP) is 0.848. The predicted molar refractivity (Wildman–Crippen MR) is 50.0 cm³/mol. The van der Waals surface area contributed by atoms with Gasteiger partial charge in [-0.3, -0.25) is 19.7 Å². The first-order valence-electron chi connectivity index (χ1n) is 4.23. The lowest BCUT2D eigenvalue weighted by molar-refractivity contribution is -0.387. The first-order chi connectivity index (χ1) is 7.82. The molecule has 0 atom stereocenters. The first-order valence-corrected chi connectivity index (χ1v) is 4.23. The zero-order valence-electron chi connectivity index (χ0n) is 8.15. The van der Waals surface area contributed by atoms with Crippen molar-refractivity contribution in [3.05, 3.63) is 37.8 Å². The van der Waals surface area contributed by atoms with E-state index in [0.29, 0.717) is 6.07 Å². The van der Waals surface area contributed by atoms with Crippen molar-refractivity contribution in [2.45, 2.75) is 12.8 Å². The second kappa shape index (κ2) is 4.68. The van der Waals surface area contributed by atoms with Gasteiger partial charge in [-0.15, -0.1) is 0 Å². The molecule has 1 aromatic heterocycles. The maximum absolute atomic E-state index is 12.5. The number of nitrogens with zero attached hydrogens (tertiary/aromatic N) is 1. The molecular formula is C8H6F2N2O5. The van der Waals surface area contributed by atoms with E-state index < -0.39 is 46.2 Å². The van der Waals surface area contributed by atoms with Crippen LogP contribution in [0.15, 0.2) is 10.9 Å². The zero-order valence-corrected chi connectivity index (χ0v) is 8.15. The molecule has 2 N–H and O–H groups in total. The summed E-state index contributed by atoms with van der Waals surface area (Å²) >= 11 is 0. The fraction of sp³-hybridized carbons (Fsp3) is 0.250. The quantitative estimate of drug-likeness (QED) is 0.605. The van der Waals surface area contributed by atoms with Gasteiger partial charge < -0.3 is 10.1 Å². The van der Waals surface area contributed by atoms with Crippen molar-refractivity contribution in [3.63, 3.8) is 0 Å². The van der Waals surface area contributed by atoms with Gasteiger partial charge in [0, 0.05) is 11.6 Å². The Kier molecular flexibility index (Phi) is 3.51. The number of carbonyl (C=O) groups is 1. The number of rotatable bonds is 4. The van der Waals surface area contributed by atoms with Crippen LogP contribution in [0.5, 0.6) is 0 Å². The Morgan fingerprint density at radius 2 is 2.18 bits per heavy atom. The molecular weight excluding hydrogens is 242 g/mol. The van der Waals surface area contributed by atoms with Gasteiger partial charge in [0.15, 0.2) is 5.69 Å². The number of aromatic amines is 1. The van der Waals surface area contributed by atoms with Crippen LogP contribution >= 0.6 is 0 Å². The van der Waals surface area contributed by atoms with Crippen LogP contribution in [0.2, 0.25) is 0 Å². The van der Waals surface area contributed by atoms with E-state index >= 15 is 0 Å². The number of hydrogen-bond donors (Lipinski definition) is 2. The molecule has 0 spiro atoms. The molecule has 1 rings (SSSR count). The molecule has 0 bridgehead atoms. The second-order valence-corrected chi connectivity index (χ2v) is 3.05. The summed E-state index contributed by atoms with van der Waals surface area (Å²) in [5.41, 5.74) is -3.82. The molecule has 9 heteroatoms. The number of nitrogens with one attached hydrogen (secondary N) is 1. The van der Waals surface area contributed by atoms with Crippen LogP contribution in [0, 0.1) is 10.1 Å². The Morgan fingerprint density at radius 3 is 2.59 bits per heavy atom. The van der Waals surface area contributed by atoms with Gasteiger partial charge in [0.1, 0.15) is 0 Å². The highest BCUT2D eigenvalue weighted by molar-refractivity contribution is 5.72. The normalized spacial score (nSPS) is 10.5. The second-order valence-electron chi connectivity index (χ2n) is 3.05. The lowest BCUT2D eigenvalue weighted by atomic mass is 10.1. The van der Waals surface area contributed by atoms with Crippen molar-refractivity contribution in [1.82, 2.24) is 4.98 Å². The third kappa shape index (κ3) is 2.83. The lowest BCUT2D eigenvalue weighted by Crippen LogP contribution is -2.16. The summed E-state index contributed by atoms with van der Waals surface area (Å²) in [5.74, 6) is -1.46. The van der Waals surface area contributed by atoms with Crippen LogP contribution in [0.25, 0.3) is 0 Å². The van der Waals surface area contributed by atoms with Gasteiger partial charge in [-0.1, -0.05) is 0 Å². The standard InChI is InChI=1S/C8H6F2N2O5/c9-8(10)6-7(12(16)17)3(2-5(14)15)1-4(13)11-6/h1,8H,2H2,(H,11,13)(H,14,15). The molecule has 0 amide bonds. The van der Waals surface area contributed by atoms with Crippen molar-refractivity contribution >= 4 is 11.7 Å². The number of H-pyrrole nitrogens is 1. The van der Waals surface area contributed by atoms with Crippen LogP contribution in [0.3, 0.4) is 0 Å². The van der Waals surface area contributed by atoms with Gasteiger partial charge in [-0.05, 0) is 0 Å². The van der Waals surface area contributed by atoms with E-state index in [4.69, 9.17) is 5.11 Å². The van der Waals surface area contributed by atoms with Crippen LogP contribution in [0.4, 0.5) is 14.5 Å². The van der Waals surface area contributed by atoms with Gasteiger partial charge in [0.05, 0.1) is 11.3 Å². The molecule has 0 aliphatic rings. The van der Waals surface area contributed by atoms with Crippen LogP contribution in [0.1, 0.15) is 17.7 Å². The molecule has 0 saturated heterocycles. The van der Waals surface area contributed by atoms with Crippen molar-refractivity contribution in [2.75, 3.05) is 0 Å². The molecule has 0 aromatic carbocycles. The third-order valence-corrected chi connectivity index (χ3v) is 1.86. The van der Waals surface area contributed by atoms with Crippen LogP contribution < -0.4 is 5.56 Å². The summed E-state index contributed by atoms with van der Waals surface area (Å²) in [6.07, 6.45) is -4.14. The average molecular weight is 248 g/mol. The van der Waals surface area contributed by atoms with E-state index in [1.807, 2.05) is 0 Å². The Balaban J connectivity index is 3.51. The number of carboxylic acids is 1. The number of aliphatic carboxylic acids is 1. The number of alkyl halides is 2. The van der Waals surface area contributed by atoms with E-state index in [1.165, 1.54) is 0 Å². The number of pyridine rings is 1. The average Bonchev–Trinajstić information content (AvgIpc) is 2.14. The molecule has 0 aliphatic carbocycles. The molecule has 17 heavy (non-hydrogen) atoms. The molecule has 0 saturated carbocycles. The largest absolute Gasteiger partial charge is 0.481 e. The molecule has 0 radical (unpaired) electrons. The Morgan fingerprint density at radius 1 is 1.59 bits per heavy atom. The minimum Gasteiger partial charge on any atom is -0.481 e. The smallest absolute Gasteiger partial charge is 0.308 e. The molecule has 92 valence electrons. The summed E-state index contributed by atoms with van der Waals surface area (Å²) in [7, 11) is 0. The molecule has 1 aromatic rings. The fourth-order valence-electron chi connectivity index (χ4n) is 1.30. The van der Waals surface area contributed by atoms with Gasteiger partial charge in [-0.25, -0.2) is 8.78 Å². The Labute approximate surface area is 91.8 Å². The van der Waals surface area contributed by atoms with E-state index in [2.05, 4.69) is 0 Å². The zero-order chi connectivity index (χ0) is 13.2. The maximum Gasteiger partial charge on any atom is 0.308 e. The van der Waals surface area contributed by atoms with Crippen molar-refractivity contribution in [1.29, 1.82) is 0 Å². The van der Waals surface area contributed by atoms with Crippen LogP contribution in [-0.2, 0) is 11.2 Å². The number of nitro groups is 1. The summed E-state index contributed by atoms with van der Waals surface area (Å²) < 4.78 is 24.9. The Bertz CT molecular complexity index is 525. The van der Waals surface area contributed by atoms with Crippen LogP contribution in [-0.4, -0.2) is 21.0 Å². The SMILES string of the molecule is O=C(O)Cc1cc(=O)[nH]c(C(F)F)c1[N+](=O)[O-]. The third-order valence-electron chi connectivity index (χ3n) is 1.86.